The van der Waals surface area contributed by atoms with Gasteiger partial charge in [0.1, 0.15) is 11.3 Å². The average Bonchev–Trinajstić information content (AvgIpc) is 2.67. The van der Waals surface area contributed by atoms with E-state index in [2.05, 4.69) is 22.1 Å². The quantitative estimate of drug-likeness (QED) is 0.295. The molecule has 2 rings (SSSR count). The number of methoxy groups -OCH3 is 2. The molecule has 8 heteroatoms. The van der Waals surface area contributed by atoms with Crippen molar-refractivity contribution < 1.29 is 14.3 Å². The van der Waals surface area contributed by atoms with E-state index in [1.54, 1.807) is 13.2 Å². The van der Waals surface area contributed by atoms with Crippen LogP contribution in [0.25, 0.3) is 0 Å². The van der Waals surface area contributed by atoms with Crippen LogP contribution in [0.5, 0.6) is 5.75 Å². The SMILES string of the molecule is CCC1CN(C(=NC)NCc2ccc(C(=O)OC)c(OC)c2)CCS1.I. The summed E-state index contributed by atoms with van der Waals surface area (Å²) in [6.45, 7) is 4.87. The lowest BCUT2D eigenvalue weighted by molar-refractivity contribution is 0.0597. The molecular formula is C18H28IN3O3S. The Bertz CT molecular complexity index is 628. The third-order valence-corrected chi connectivity index (χ3v) is 5.60. The van der Waals surface area contributed by atoms with E-state index in [1.165, 1.54) is 13.5 Å². The zero-order valence-corrected chi connectivity index (χ0v) is 18.9. The number of guanidine groups is 1. The first-order chi connectivity index (χ1) is 12.1. The summed E-state index contributed by atoms with van der Waals surface area (Å²) in [7, 11) is 4.72. The van der Waals surface area contributed by atoms with E-state index in [1.807, 2.05) is 30.9 Å². The van der Waals surface area contributed by atoms with E-state index >= 15 is 0 Å². The molecule has 0 spiro atoms. The Balaban J connectivity index is 0.00000338. The second-order valence-corrected chi connectivity index (χ2v) is 7.18. The third kappa shape index (κ3) is 5.94. The van der Waals surface area contributed by atoms with Gasteiger partial charge in [0.2, 0.25) is 0 Å². The number of ether oxygens (including phenoxy) is 2. The molecule has 0 aliphatic carbocycles. The molecule has 146 valence electrons. The Labute approximate surface area is 177 Å². The van der Waals surface area contributed by atoms with Crippen LogP contribution < -0.4 is 10.1 Å². The maximum atomic E-state index is 11.7. The van der Waals surface area contributed by atoms with Crippen molar-refractivity contribution in [3.8, 4) is 5.75 Å². The number of rotatable bonds is 5. The molecule has 1 unspecified atom stereocenters. The number of nitrogens with one attached hydrogen (secondary N) is 1. The van der Waals surface area contributed by atoms with E-state index in [0.717, 1.165) is 30.4 Å². The maximum Gasteiger partial charge on any atom is 0.341 e. The largest absolute Gasteiger partial charge is 0.496 e. The van der Waals surface area contributed by atoms with Gasteiger partial charge in [-0.3, -0.25) is 4.99 Å². The van der Waals surface area contributed by atoms with E-state index < -0.39 is 5.97 Å². The van der Waals surface area contributed by atoms with Gasteiger partial charge in [-0.05, 0) is 24.1 Å². The number of esters is 1. The van der Waals surface area contributed by atoms with Crippen LogP contribution in [0.4, 0.5) is 0 Å². The predicted octanol–water partition coefficient (Wildman–Crippen LogP) is 3.00. The molecule has 0 radical (unpaired) electrons. The van der Waals surface area contributed by atoms with Crippen molar-refractivity contribution in [3.63, 3.8) is 0 Å². The summed E-state index contributed by atoms with van der Waals surface area (Å²) in [6.07, 6.45) is 1.17. The third-order valence-electron chi connectivity index (χ3n) is 4.23. The van der Waals surface area contributed by atoms with E-state index in [-0.39, 0.29) is 24.0 Å². The molecule has 6 nitrogen and oxygen atoms in total. The zero-order valence-electron chi connectivity index (χ0n) is 15.8. The predicted molar refractivity (Wildman–Crippen MR) is 118 cm³/mol. The van der Waals surface area contributed by atoms with Gasteiger partial charge in [-0.15, -0.1) is 24.0 Å². The van der Waals surface area contributed by atoms with Gasteiger partial charge in [0.05, 0.1) is 14.2 Å². The molecule has 1 heterocycles. The van der Waals surface area contributed by atoms with Crippen LogP contribution >= 0.6 is 35.7 Å². The molecule has 0 amide bonds. The van der Waals surface area contributed by atoms with Crippen LogP contribution in [0, 0.1) is 0 Å². The van der Waals surface area contributed by atoms with Gasteiger partial charge in [-0.25, -0.2) is 4.79 Å². The van der Waals surface area contributed by atoms with Crippen LogP contribution in [0.1, 0.15) is 29.3 Å². The van der Waals surface area contributed by atoms with E-state index in [4.69, 9.17) is 9.47 Å². The number of aliphatic imine (C=N–C) groups is 1. The fourth-order valence-electron chi connectivity index (χ4n) is 2.80. The summed E-state index contributed by atoms with van der Waals surface area (Å²) in [5.41, 5.74) is 1.45. The van der Waals surface area contributed by atoms with E-state index in [0.29, 0.717) is 23.1 Å². The van der Waals surface area contributed by atoms with Crippen LogP contribution in [0.3, 0.4) is 0 Å². The number of thioether (sulfide) groups is 1. The van der Waals surface area contributed by atoms with Gasteiger partial charge in [0, 0.05) is 37.7 Å². The molecular weight excluding hydrogens is 465 g/mol. The number of carbonyl (C=O) groups is 1. The highest BCUT2D eigenvalue weighted by Crippen LogP contribution is 2.22. The topological polar surface area (TPSA) is 63.2 Å². The summed E-state index contributed by atoms with van der Waals surface area (Å²) in [6, 6.07) is 5.48. The molecule has 26 heavy (non-hydrogen) atoms. The molecule has 1 aromatic rings. The minimum absolute atomic E-state index is 0. The number of benzene rings is 1. The highest BCUT2D eigenvalue weighted by molar-refractivity contribution is 14.0. The van der Waals surface area contributed by atoms with Crippen molar-refractivity contribution in [2.75, 3.05) is 40.1 Å². The minimum atomic E-state index is -0.399. The first-order valence-corrected chi connectivity index (χ1v) is 9.50. The minimum Gasteiger partial charge on any atom is -0.496 e. The monoisotopic (exact) mass is 493 g/mol. The first kappa shape index (κ1) is 22.9. The van der Waals surface area contributed by atoms with Gasteiger partial charge >= 0.3 is 5.97 Å². The van der Waals surface area contributed by atoms with E-state index in [9.17, 15) is 4.79 Å². The van der Waals surface area contributed by atoms with Crippen molar-refractivity contribution in [3.05, 3.63) is 29.3 Å². The summed E-state index contributed by atoms with van der Waals surface area (Å²) < 4.78 is 10.1. The molecule has 1 atom stereocenters. The maximum absolute atomic E-state index is 11.7. The normalized spacial score (nSPS) is 17.3. The number of hydrogen-bond acceptors (Lipinski definition) is 5. The smallest absolute Gasteiger partial charge is 0.341 e. The van der Waals surface area contributed by atoms with Crippen LogP contribution in [-0.4, -0.2) is 62.2 Å². The van der Waals surface area contributed by atoms with Crippen LogP contribution in [0.2, 0.25) is 0 Å². The van der Waals surface area contributed by atoms with Crippen molar-refractivity contribution in [1.82, 2.24) is 10.2 Å². The summed E-state index contributed by atoms with van der Waals surface area (Å²) in [5, 5.41) is 4.07. The van der Waals surface area contributed by atoms with Crippen molar-refractivity contribution in [2.45, 2.75) is 25.1 Å². The van der Waals surface area contributed by atoms with Gasteiger partial charge < -0.3 is 19.7 Å². The van der Waals surface area contributed by atoms with Gasteiger partial charge in [0.15, 0.2) is 5.96 Å². The van der Waals surface area contributed by atoms with Crippen LogP contribution in [-0.2, 0) is 11.3 Å². The summed E-state index contributed by atoms with van der Waals surface area (Å²) in [5.74, 6) is 2.15. The Hall–Kier alpha value is -1.16. The molecule has 1 saturated heterocycles. The lowest BCUT2D eigenvalue weighted by atomic mass is 10.1. The highest BCUT2D eigenvalue weighted by Gasteiger charge is 2.21. The molecule has 0 saturated carbocycles. The molecule has 0 aromatic heterocycles. The first-order valence-electron chi connectivity index (χ1n) is 8.45. The molecule has 1 aromatic carbocycles. The molecule has 1 aliphatic heterocycles. The summed E-state index contributed by atoms with van der Waals surface area (Å²) in [4.78, 5) is 18.5. The zero-order chi connectivity index (χ0) is 18.2. The second-order valence-electron chi connectivity index (χ2n) is 5.77. The van der Waals surface area contributed by atoms with Crippen molar-refractivity contribution in [1.29, 1.82) is 0 Å². The highest BCUT2D eigenvalue weighted by atomic mass is 127. The number of nitrogens with zero attached hydrogens (tertiary/aromatic N) is 2. The average molecular weight is 493 g/mol. The molecule has 1 fully saturated rings. The van der Waals surface area contributed by atoms with Gasteiger partial charge in [0.25, 0.3) is 0 Å². The van der Waals surface area contributed by atoms with Crippen molar-refractivity contribution >= 4 is 47.7 Å². The summed E-state index contributed by atoms with van der Waals surface area (Å²) >= 11 is 2.04. The van der Waals surface area contributed by atoms with Gasteiger partial charge in [-0.2, -0.15) is 11.8 Å². The lowest BCUT2D eigenvalue weighted by Gasteiger charge is -2.34. The molecule has 0 bridgehead atoms. The Kier molecular flexibility index (Phi) is 10.1. The molecule has 1 aliphatic rings. The van der Waals surface area contributed by atoms with Gasteiger partial charge in [-0.1, -0.05) is 13.0 Å². The Morgan fingerprint density at radius 1 is 1.42 bits per heavy atom. The van der Waals surface area contributed by atoms with Crippen molar-refractivity contribution in [2.24, 2.45) is 4.99 Å². The fourth-order valence-corrected chi connectivity index (χ4v) is 3.98. The van der Waals surface area contributed by atoms with Crippen LogP contribution in [0.15, 0.2) is 23.2 Å². The Morgan fingerprint density at radius 2 is 2.19 bits per heavy atom. The molecule has 1 N–H and O–H groups in total. The number of carbonyl (C=O) groups excluding carboxylic acids is 1. The number of halogens is 1. The Morgan fingerprint density at radius 3 is 2.81 bits per heavy atom. The number of hydrogen-bond donors (Lipinski definition) is 1. The second kappa shape index (κ2) is 11.5. The standard InChI is InChI=1S/C18H27N3O3S.HI/c1-5-14-12-21(8-9-25-14)18(19-2)20-11-13-6-7-15(17(22)24-4)16(10-13)23-3;/h6-7,10,14H,5,8-9,11-12H2,1-4H3,(H,19,20);1H. The fraction of sp³-hybridized carbons (Fsp3) is 0.556. The lowest BCUT2D eigenvalue weighted by Crippen LogP contribution is -2.47.